The Morgan fingerprint density at radius 3 is 2.44 bits per heavy atom. The molecule has 8 nitrogen and oxygen atoms in total. The lowest BCUT2D eigenvalue weighted by molar-refractivity contribution is 0.0189. The number of aromatic nitrogens is 4. The number of amides is 1. The molecule has 168 valence electrons. The van der Waals surface area contributed by atoms with Gasteiger partial charge in [0.2, 0.25) is 0 Å². The molecule has 1 aliphatic heterocycles. The van der Waals surface area contributed by atoms with Crippen LogP contribution in [0, 0.1) is 5.82 Å². The van der Waals surface area contributed by atoms with Crippen LogP contribution < -0.4 is 5.73 Å². The topological polar surface area (TPSA) is 99.2 Å². The lowest BCUT2D eigenvalue weighted by Gasteiger charge is -2.34. The molecule has 1 aliphatic rings. The number of nitrogens with zero attached hydrogens (tertiary/aromatic N) is 5. The monoisotopic (exact) mass is 438 g/mol. The highest BCUT2D eigenvalue weighted by atomic mass is 19.1. The number of anilines is 1. The maximum atomic E-state index is 13.5. The van der Waals surface area contributed by atoms with Crippen molar-refractivity contribution in [3.05, 3.63) is 48.7 Å². The van der Waals surface area contributed by atoms with E-state index in [0.717, 1.165) is 24.1 Å². The summed E-state index contributed by atoms with van der Waals surface area (Å²) in [5.41, 5.74) is 7.53. The molecule has 2 N–H and O–H groups in total. The molecule has 0 spiro atoms. The van der Waals surface area contributed by atoms with Crippen molar-refractivity contribution < 1.29 is 13.9 Å². The minimum atomic E-state index is -0.528. The molecule has 1 fully saturated rings. The van der Waals surface area contributed by atoms with E-state index >= 15 is 0 Å². The van der Waals surface area contributed by atoms with Crippen molar-refractivity contribution in [1.82, 2.24) is 24.4 Å². The van der Waals surface area contributed by atoms with Gasteiger partial charge in [0.1, 0.15) is 22.9 Å². The molecule has 1 saturated heterocycles. The van der Waals surface area contributed by atoms with Crippen molar-refractivity contribution in [2.45, 2.75) is 45.3 Å². The lowest BCUT2D eigenvalue weighted by Crippen LogP contribution is -2.42. The average Bonchev–Trinajstić information content (AvgIpc) is 3.18. The summed E-state index contributed by atoms with van der Waals surface area (Å²) in [7, 11) is 0. The summed E-state index contributed by atoms with van der Waals surface area (Å²) in [4.78, 5) is 27.6. The number of imidazole rings is 1. The molecule has 0 radical (unpaired) electrons. The van der Waals surface area contributed by atoms with Crippen LogP contribution in [-0.4, -0.2) is 49.2 Å². The number of nitrogen functional groups attached to an aromatic ring is 1. The highest BCUT2D eigenvalue weighted by Crippen LogP contribution is 2.35. The Kier molecular flexibility index (Phi) is 5.82. The number of halogens is 1. The van der Waals surface area contributed by atoms with Crippen LogP contribution in [0.4, 0.5) is 15.0 Å². The Morgan fingerprint density at radius 1 is 1.12 bits per heavy atom. The molecule has 4 rings (SSSR count). The van der Waals surface area contributed by atoms with Gasteiger partial charge in [0, 0.05) is 30.9 Å². The largest absolute Gasteiger partial charge is 0.444 e. The highest BCUT2D eigenvalue weighted by Gasteiger charge is 2.30. The Hall–Kier alpha value is -3.49. The number of carbonyl (C=O) groups is 1. The molecule has 3 aromatic rings. The molecule has 9 heteroatoms. The SMILES string of the molecule is CC(C)(C)OC(=O)N1CCC(n2cnc(-c3ccc(F)cc3)c2-c2nccc(N)n2)CC1. The van der Waals surface area contributed by atoms with Crippen molar-refractivity contribution in [2.24, 2.45) is 0 Å². The Morgan fingerprint density at radius 2 is 1.81 bits per heavy atom. The number of benzene rings is 1. The molecule has 32 heavy (non-hydrogen) atoms. The first kappa shape index (κ1) is 21.7. The number of nitrogens with two attached hydrogens (primary N) is 1. The maximum Gasteiger partial charge on any atom is 0.410 e. The number of rotatable bonds is 3. The summed E-state index contributed by atoms with van der Waals surface area (Å²) < 4.78 is 21.0. The Labute approximate surface area is 186 Å². The van der Waals surface area contributed by atoms with Gasteiger partial charge in [-0.3, -0.25) is 0 Å². The molecule has 0 bridgehead atoms. The predicted molar refractivity (Wildman–Crippen MR) is 119 cm³/mol. The van der Waals surface area contributed by atoms with Gasteiger partial charge in [-0.2, -0.15) is 0 Å². The number of hydrogen-bond acceptors (Lipinski definition) is 6. The van der Waals surface area contributed by atoms with Gasteiger partial charge in [0.25, 0.3) is 0 Å². The van der Waals surface area contributed by atoms with Crippen LogP contribution in [0.3, 0.4) is 0 Å². The summed E-state index contributed by atoms with van der Waals surface area (Å²) in [5, 5.41) is 0. The number of carbonyl (C=O) groups excluding carboxylic acids is 1. The zero-order valence-electron chi connectivity index (χ0n) is 18.5. The molecule has 0 unspecified atom stereocenters. The Bertz CT molecular complexity index is 1100. The van der Waals surface area contributed by atoms with Crippen LogP contribution in [0.25, 0.3) is 22.8 Å². The van der Waals surface area contributed by atoms with E-state index in [9.17, 15) is 9.18 Å². The molecular weight excluding hydrogens is 411 g/mol. The summed E-state index contributed by atoms with van der Waals surface area (Å²) in [6, 6.07) is 7.89. The van der Waals surface area contributed by atoms with Gasteiger partial charge in [-0.05, 0) is 63.9 Å². The van der Waals surface area contributed by atoms with Crippen molar-refractivity contribution in [3.8, 4) is 22.8 Å². The van der Waals surface area contributed by atoms with E-state index in [2.05, 4.69) is 15.0 Å². The minimum Gasteiger partial charge on any atom is -0.444 e. The molecule has 1 amide bonds. The van der Waals surface area contributed by atoms with E-state index in [1.807, 2.05) is 25.3 Å². The summed E-state index contributed by atoms with van der Waals surface area (Å²) in [6.45, 7) is 6.72. The van der Waals surface area contributed by atoms with Crippen molar-refractivity contribution in [1.29, 1.82) is 0 Å². The van der Waals surface area contributed by atoms with Crippen molar-refractivity contribution >= 4 is 11.9 Å². The number of piperidine rings is 1. The van der Waals surface area contributed by atoms with E-state index in [-0.39, 0.29) is 18.0 Å². The van der Waals surface area contributed by atoms with Crippen LogP contribution in [0.15, 0.2) is 42.9 Å². The number of ether oxygens (including phenoxy) is 1. The molecule has 1 aromatic carbocycles. The van der Waals surface area contributed by atoms with Crippen molar-refractivity contribution in [2.75, 3.05) is 18.8 Å². The zero-order chi connectivity index (χ0) is 22.9. The van der Waals surface area contributed by atoms with E-state index in [1.165, 1.54) is 12.1 Å². The van der Waals surface area contributed by atoms with E-state index < -0.39 is 5.60 Å². The molecule has 3 heterocycles. The third-order valence-electron chi connectivity index (χ3n) is 5.31. The number of hydrogen-bond donors (Lipinski definition) is 1. The summed E-state index contributed by atoms with van der Waals surface area (Å²) >= 11 is 0. The minimum absolute atomic E-state index is 0.0930. The quantitative estimate of drug-likeness (QED) is 0.655. The molecule has 2 aromatic heterocycles. The summed E-state index contributed by atoms with van der Waals surface area (Å²) in [6.07, 6.45) is 4.53. The average molecular weight is 439 g/mol. The van der Waals surface area contributed by atoms with Crippen LogP contribution in [0.1, 0.15) is 39.7 Å². The van der Waals surface area contributed by atoms with E-state index in [4.69, 9.17) is 10.5 Å². The maximum absolute atomic E-state index is 13.5. The Balaban J connectivity index is 1.64. The smallest absolute Gasteiger partial charge is 0.410 e. The zero-order valence-corrected chi connectivity index (χ0v) is 18.5. The standard InChI is InChI=1S/C23H27FN6O2/c1-23(2,3)32-22(31)29-12-9-17(10-13-29)30-14-27-19(15-4-6-16(24)7-5-15)20(30)21-26-11-8-18(25)28-21/h4-8,11,14,17H,9-10,12-13H2,1-3H3,(H2,25,26,28). The van der Waals surface area contributed by atoms with Crippen LogP contribution in [-0.2, 0) is 4.74 Å². The highest BCUT2D eigenvalue weighted by molar-refractivity contribution is 5.75. The second-order valence-corrected chi connectivity index (χ2v) is 8.86. The van der Waals surface area contributed by atoms with Gasteiger partial charge >= 0.3 is 6.09 Å². The summed E-state index contributed by atoms with van der Waals surface area (Å²) in [5.74, 6) is 0.494. The van der Waals surface area contributed by atoms with Gasteiger partial charge < -0.3 is 19.9 Å². The van der Waals surface area contributed by atoms with Crippen LogP contribution in [0.2, 0.25) is 0 Å². The van der Waals surface area contributed by atoms with Gasteiger partial charge in [-0.15, -0.1) is 0 Å². The lowest BCUT2D eigenvalue weighted by atomic mass is 10.0. The molecular formula is C23H27FN6O2. The first-order chi connectivity index (χ1) is 15.2. The fourth-order valence-electron chi connectivity index (χ4n) is 3.82. The second kappa shape index (κ2) is 8.57. The van der Waals surface area contributed by atoms with Crippen LogP contribution in [0.5, 0.6) is 0 Å². The van der Waals surface area contributed by atoms with Crippen molar-refractivity contribution in [3.63, 3.8) is 0 Å². The van der Waals surface area contributed by atoms with E-state index in [0.29, 0.717) is 30.4 Å². The third-order valence-corrected chi connectivity index (χ3v) is 5.31. The van der Waals surface area contributed by atoms with Gasteiger partial charge in [-0.25, -0.2) is 24.1 Å². The normalized spacial score (nSPS) is 15.1. The fraction of sp³-hybridized carbons (Fsp3) is 0.391. The molecule has 0 saturated carbocycles. The van der Waals surface area contributed by atoms with Gasteiger partial charge in [-0.1, -0.05) is 0 Å². The number of likely N-dealkylation sites (tertiary alicyclic amines) is 1. The predicted octanol–water partition coefficient (Wildman–Crippen LogP) is 4.30. The molecule has 0 aliphatic carbocycles. The second-order valence-electron chi connectivity index (χ2n) is 8.86. The van der Waals surface area contributed by atoms with Gasteiger partial charge in [0.05, 0.1) is 12.0 Å². The van der Waals surface area contributed by atoms with Gasteiger partial charge in [0.15, 0.2) is 5.82 Å². The van der Waals surface area contributed by atoms with Crippen LogP contribution >= 0.6 is 0 Å². The first-order valence-corrected chi connectivity index (χ1v) is 10.6. The fourth-order valence-corrected chi connectivity index (χ4v) is 3.82. The first-order valence-electron chi connectivity index (χ1n) is 10.6. The van der Waals surface area contributed by atoms with E-state index in [1.54, 1.807) is 35.6 Å². The molecule has 0 atom stereocenters. The third kappa shape index (κ3) is 4.71.